The summed E-state index contributed by atoms with van der Waals surface area (Å²) in [7, 11) is 0. The molecule has 1 aromatic carbocycles. The lowest BCUT2D eigenvalue weighted by atomic mass is 9.84. The van der Waals surface area contributed by atoms with Crippen LogP contribution in [0.4, 0.5) is 0 Å². The summed E-state index contributed by atoms with van der Waals surface area (Å²) < 4.78 is 1.21. The molecular formula is C16H20INO2. The van der Waals surface area contributed by atoms with Crippen LogP contribution in [0.3, 0.4) is 0 Å². The van der Waals surface area contributed by atoms with Gasteiger partial charge in [-0.15, -0.1) is 0 Å². The average Bonchev–Trinajstić information content (AvgIpc) is 2.78. The van der Waals surface area contributed by atoms with Gasteiger partial charge in [0, 0.05) is 16.2 Å². The number of benzene rings is 1. The number of rotatable bonds is 3. The second kappa shape index (κ2) is 6.02. The van der Waals surface area contributed by atoms with Crippen molar-refractivity contribution in [2.45, 2.75) is 50.7 Å². The van der Waals surface area contributed by atoms with Crippen LogP contribution in [-0.2, 0) is 11.3 Å². The standard InChI is InChI=1S/C16H20INO2/c17-13-6-3-4-11(8-13)10-18-14-7-2-1-5-12(14)9-15(18)16(19)20/h3-4,6,8,12,14-15H,1-2,5,7,9-10H2,(H,19,20). The van der Waals surface area contributed by atoms with E-state index in [0.717, 1.165) is 13.0 Å². The molecule has 1 aliphatic carbocycles. The van der Waals surface area contributed by atoms with Gasteiger partial charge >= 0.3 is 5.97 Å². The Hall–Kier alpha value is -0.620. The minimum Gasteiger partial charge on any atom is -0.480 e. The highest BCUT2D eigenvalue weighted by Crippen LogP contribution is 2.40. The van der Waals surface area contributed by atoms with Crippen molar-refractivity contribution >= 4 is 28.6 Å². The average molecular weight is 385 g/mol. The highest BCUT2D eigenvalue weighted by Gasteiger charge is 2.44. The van der Waals surface area contributed by atoms with E-state index < -0.39 is 5.97 Å². The highest BCUT2D eigenvalue weighted by molar-refractivity contribution is 14.1. The first-order valence-corrected chi connectivity index (χ1v) is 8.46. The number of carboxylic acid groups (broad SMARTS) is 1. The van der Waals surface area contributed by atoms with Crippen LogP contribution in [0.1, 0.15) is 37.7 Å². The predicted molar refractivity (Wildman–Crippen MR) is 86.5 cm³/mol. The fraction of sp³-hybridized carbons (Fsp3) is 0.562. The van der Waals surface area contributed by atoms with Gasteiger partial charge < -0.3 is 5.11 Å². The first-order chi connectivity index (χ1) is 9.65. The molecule has 1 saturated heterocycles. The van der Waals surface area contributed by atoms with Gasteiger partial charge in [-0.1, -0.05) is 25.0 Å². The molecule has 4 heteroatoms. The third-order valence-corrected chi connectivity index (χ3v) is 5.43. The Bertz CT molecular complexity index is 505. The summed E-state index contributed by atoms with van der Waals surface area (Å²) in [4.78, 5) is 13.8. The molecule has 108 valence electrons. The molecule has 3 atom stereocenters. The van der Waals surface area contributed by atoms with Gasteiger partial charge in [-0.3, -0.25) is 9.69 Å². The van der Waals surface area contributed by atoms with Crippen molar-refractivity contribution < 1.29 is 9.90 Å². The summed E-state index contributed by atoms with van der Waals surface area (Å²) >= 11 is 2.31. The van der Waals surface area contributed by atoms with E-state index in [2.05, 4.69) is 51.8 Å². The Balaban J connectivity index is 1.82. The van der Waals surface area contributed by atoms with Crippen LogP contribution < -0.4 is 0 Å². The lowest BCUT2D eigenvalue weighted by molar-refractivity contribution is -0.142. The normalized spacial score (nSPS) is 30.1. The molecule has 20 heavy (non-hydrogen) atoms. The van der Waals surface area contributed by atoms with Gasteiger partial charge in [-0.05, 0) is 65.5 Å². The third-order valence-electron chi connectivity index (χ3n) is 4.76. The molecule has 1 saturated carbocycles. The second-order valence-corrected chi connectivity index (χ2v) is 7.25. The van der Waals surface area contributed by atoms with Gasteiger partial charge in [-0.2, -0.15) is 0 Å². The molecule has 0 bridgehead atoms. The summed E-state index contributed by atoms with van der Waals surface area (Å²) in [6, 6.07) is 8.59. The van der Waals surface area contributed by atoms with Gasteiger partial charge in [0.15, 0.2) is 0 Å². The molecule has 2 aliphatic rings. The number of nitrogens with zero attached hydrogens (tertiary/aromatic N) is 1. The Labute approximate surface area is 133 Å². The Morgan fingerprint density at radius 3 is 2.90 bits per heavy atom. The lowest BCUT2D eigenvalue weighted by Crippen LogP contribution is -2.41. The van der Waals surface area contributed by atoms with Crippen LogP contribution in [0.2, 0.25) is 0 Å². The van der Waals surface area contributed by atoms with E-state index in [0.29, 0.717) is 12.0 Å². The van der Waals surface area contributed by atoms with Crippen molar-refractivity contribution in [1.29, 1.82) is 0 Å². The molecule has 0 spiro atoms. The smallest absolute Gasteiger partial charge is 0.320 e. The number of carbonyl (C=O) groups is 1. The predicted octanol–water partition coefficient (Wildman–Crippen LogP) is 3.51. The van der Waals surface area contributed by atoms with Crippen molar-refractivity contribution in [3.05, 3.63) is 33.4 Å². The molecule has 0 aromatic heterocycles. The summed E-state index contributed by atoms with van der Waals surface area (Å²) in [6.45, 7) is 0.773. The van der Waals surface area contributed by atoms with Crippen molar-refractivity contribution in [1.82, 2.24) is 4.90 Å². The lowest BCUT2D eigenvalue weighted by Gasteiger charge is -2.33. The number of aliphatic carboxylic acids is 1. The molecule has 1 aromatic rings. The quantitative estimate of drug-likeness (QED) is 0.810. The van der Waals surface area contributed by atoms with E-state index >= 15 is 0 Å². The van der Waals surface area contributed by atoms with Crippen molar-refractivity contribution in [2.75, 3.05) is 0 Å². The van der Waals surface area contributed by atoms with Crippen LogP contribution in [0, 0.1) is 9.49 Å². The van der Waals surface area contributed by atoms with Crippen LogP contribution in [0.25, 0.3) is 0 Å². The zero-order valence-electron chi connectivity index (χ0n) is 11.5. The number of halogens is 1. The van der Waals surface area contributed by atoms with E-state index in [9.17, 15) is 9.90 Å². The SMILES string of the molecule is O=C(O)C1CC2CCCCC2N1Cc1cccc(I)c1. The molecule has 3 unspecified atom stereocenters. The molecule has 1 heterocycles. The van der Waals surface area contributed by atoms with Crippen LogP contribution in [0.5, 0.6) is 0 Å². The Morgan fingerprint density at radius 1 is 1.35 bits per heavy atom. The molecule has 3 nitrogen and oxygen atoms in total. The van der Waals surface area contributed by atoms with Gasteiger partial charge in [0.05, 0.1) is 0 Å². The van der Waals surface area contributed by atoms with E-state index in [1.165, 1.54) is 34.8 Å². The van der Waals surface area contributed by atoms with Crippen LogP contribution in [-0.4, -0.2) is 28.1 Å². The summed E-state index contributed by atoms with van der Waals surface area (Å²) in [5.41, 5.74) is 1.23. The van der Waals surface area contributed by atoms with E-state index in [-0.39, 0.29) is 6.04 Å². The monoisotopic (exact) mass is 385 g/mol. The largest absolute Gasteiger partial charge is 0.480 e. The van der Waals surface area contributed by atoms with Crippen molar-refractivity contribution in [3.8, 4) is 0 Å². The third kappa shape index (κ3) is 2.86. The van der Waals surface area contributed by atoms with Gasteiger partial charge in [-0.25, -0.2) is 0 Å². The van der Waals surface area contributed by atoms with Crippen molar-refractivity contribution in [2.24, 2.45) is 5.92 Å². The van der Waals surface area contributed by atoms with Gasteiger partial charge in [0.25, 0.3) is 0 Å². The van der Waals surface area contributed by atoms with Gasteiger partial charge in [0.2, 0.25) is 0 Å². The topological polar surface area (TPSA) is 40.5 Å². The number of likely N-dealkylation sites (tertiary alicyclic amines) is 1. The molecule has 1 N–H and O–H groups in total. The maximum atomic E-state index is 11.6. The zero-order valence-corrected chi connectivity index (χ0v) is 13.6. The molecule has 0 amide bonds. The molecular weight excluding hydrogens is 365 g/mol. The fourth-order valence-corrected chi connectivity index (χ4v) is 4.48. The molecule has 2 fully saturated rings. The Kier molecular flexibility index (Phi) is 4.31. The van der Waals surface area contributed by atoms with E-state index in [4.69, 9.17) is 0 Å². The molecule has 3 rings (SSSR count). The highest BCUT2D eigenvalue weighted by atomic mass is 127. The molecule has 1 aliphatic heterocycles. The van der Waals surface area contributed by atoms with E-state index in [1.54, 1.807) is 0 Å². The zero-order chi connectivity index (χ0) is 14.1. The minimum absolute atomic E-state index is 0.291. The summed E-state index contributed by atoms with van der Waals surface area (Å²) in [5, 5.41) is 9.52. The maximum Gasteiger partial charge on any atom is 0.320 e. The summed E-state index contributed by atoms with van der Waals surface area (Å²) in [6.07, 6.45) is 5.72. The number of carboxylic acids is 1. The number of hydrogen-bond acceptors (Lipinski definition) is 2. The maximum absolute atomic E-state index is 11.6. The molecule has 0 radical (unpaired) electrons. The van der Waals surface area contributed by atoms with Crippen molar-refractivity contribution in [3.63, 3.8) is 0 Å². The summed E-state index contributed by atoms with van der Waals surface area (Å²) in [5.74, 6) is -0.0577. The first-order valence-electron chi connectivity index (χ1n) is 7.38. The number of fused-ring (bicyclic) bond motifs is 1. The minimum atomic E-state index is -0.648. The van der Waals surface area contributed by atoms with Crippen LogP contribution in [0.15, 0.2) is 24.3 Å². The fourth-order valence-electron chi connectivity index (χ4n) is 3.87. The Morgan fingerprint density at radius 2 is 2.15 bits per heavy atom. The first kappa shape index (κ1) is 14.3. The second-order valence-electron chi connectivity index (χ2n) is 6.00. The van der Waals surface area contributed by atoms with Gasteiger partial charge in [0.1, 0.15) is 6.04 Å². The number of hydrogen-bond donors (Lipinski definition) is 1. The van der Waals surface area contributed by atoms with Crippen LogP contribution >= 0.6 is 22.6 Å². The van der Waals surface area contributed by atoms with E-state index in [1.807, 2.05) is 0 Å².